The van der Waals surface area contributed by atoms with E-state index in [2.05, 4.69) is 47.5 Å². The predicted octanol–water partition coefficient (Wildman–Crippen LogP) is 1.94. The first kappa shape index (κ1) is 16.3. The molecule has 0 unspecified atom stereocenters. The van der Waals surface area contributed by atoms with Crippen LogP contribution in [0.15, 0.2) is 30.3 Å². The zero-order valence-corrected chi connectivity index (χ0v) is 14.1. The number of amides is 1. The van der Waals surface area contributed by atoms with E-state index >= 15 is 0 Å². The van der Waals surface area contributed by atoms with E-state index in [4.69, 9.17) is 4.74 Å². The van der Waals surface area contributed by atoms with Crippen LogP contribution in [0.25, 0.3) is 0 Å². The minimum Gasteiger partial charge on any atom is -0.453 e. The monoisotopic (exact) mass is 317 g/mol. The van der Waals surface area contributed by atoms with Crippen LogP contribution in [0.3, 0.4) is 0 Å². The van der Waals surface area contributed by atoms with Gasteiger partial charge in [0.25, 0.3) is 0 Å². The highest BCUT2D eigenvalue weighted by atomic mass is 16.5. The average Bonchev–Trinajstić information content (AvgIpc) is 3.15. The fourth-order valence-corrected chi connectivity index (χ4v) is 3.75. The second-order valence-corrected chi connectivity index (χ2v) is 6.83. The highest BCUT2D eigenvalue weighted by Gasteiger charge is 2.34. The average molecular weight is 317 g/mol. The van der Waals surface area contributed by atoms with Gasteiger partial charge in [-0.1, -0.05) is 37.3 Å². The number of nitrogens with one attached hydrogen (secondary N) is 1. The molecule has 0 radical (unpaired) electrons. The molecule has 5 nitrogen and oxygen atoms in total. The van der Waals surface area contributed by atoms with Crippen LogP contribution < -0.4 is 5.32 Å². The molecular formula is C18H27N3O2. The van der Waals surface area contributed by atoms with Crippen LogP contribution in [0.1, 0.15) is 18.9 Å². The van der Waals surface area contributed by atoms with Crippen LogP contribution >= 0.6 is 0 Å². The van der Waals surface area contributed by atoms with E-state index in [9.17, 15) is 4.79 Å². The van der Waals surface area contributed by atoms with Crippen LogP contribution in [-0.4, -0.2) is 61.3 Å². The van der Waals surface area contributed by atoms with Crippen LogP contribution in [-0.2, 0) is 11.3 Å². The fourth-order valence-electron chi connectivity index (χ4n) is 3.75. The number of carbonyl (C=O) groups is 1. The molecule has 2 fully saturated rings. The van der Waals surface area contributed by atoms with Crippen LogP contribution in [0.5, 0.6) is 0 Å². The summed E-state index contributed by atoms with van der Waals surface area (Å²) in [4.78, 5) is 15.9. The molecule has 126 valence electrons. The topological polar surface area (TPSA) is 44.8 Å². The van der Waals surface area contributed by atoms with Gasteiger partial charge < -0.3 is 15.0 Å². The Morgan fingerprint density at radius 2 is 2.04 bits per heavy atom. The minimum atomic E-state index is -0.209. The lowest BCUT2D eigenvalue weighted by Gasteiger charge is -2.22. The SMILES string of the molecule is COC(=O)N1CC[C@H](N[C@@H]2CN(Cc3ccccc3)C[C@@H]2C)C1. The summed E-state index contributed by atoms with van der Waals surface area (Å²) in [6.45, 7) is 7.08. The molecule has 0 aromatic heterocycles. The Morgan fingerprint density at radius 3 is 2.78 bits per heavy atom. The van der Waals surface area contributed by atoms with Crippen molar-refractivity contribution in [3.05, 3.63) is 35.9 Å². The molecule has 2 aliphatic heterocycles. The summed E-state index contributed by atoms with van der Waals surface area (Å²) < 4.78 is 4.81. The fraction of sp³-hybridized carbons (Fsp3) is 0.611. The molecule has 1 aromatic rings. The van der Waals surface area contributed by atoms with Crippen molar-refractivity contribution in [3.63, 3.8) is 0 Å². The molecule has 1 amide bonds. The molecule has 0 aliphatic carbocycles. The second kappa shape index (κ2) is 7.32. The van der Waals surface area contributed by atoms with E-state index < -0.39 is 0 Å². The van der Waals surface area contributed by atoms with Crippen molar-refractivity contribution in [2.75, 3.05) is 33.3 Å². The van der Waals surface area contributed by atoms with Gasteiger partial charge in [0.05, 0.1) is 7.11 Å². The quantitative estimate of drug-likeness (QED) is 0.922. The molecule has 23 heavy (non-hydrogen) atoms. The van der Waals surface area contributed by atoms with Gasteiger partial charge in [0.2, 0.25) is 0 Å². The summed E-state index contributed by atoms with van der Waals surface area (Å²) in [5.74, 6) is 0.630. The third kappa shape index (κ3) is 4.03. The lowest BCUT2D eigenvalue weighted by Crippen LogP contribution is -2.44. The largest absolute Gasteiger partial charge is 0.453 e. The molecule has 0 saturated carbocycles. The highest BCUT2D eigenvalue weighted by Crippen LogP contribution is 2.21. The van der Waals surface area contributed by atoms with Crippen molar-refractivity contribution in [1.29, 1.82) is 0 Å². The van der Waals surface area contributed by atoms with E-state index in [0.717, 1.165) is 39.1 Å². The van der Waals surface area contributed by atoms with Crippen molar-refractivity contribution < 1.29 is 9.53 Å². The van der Waals surface area contributed by atoms with Crippen molar-refractivity contribution in [1.82, 2.24) is 15.1 Å². The van der Waals surface area contributed by atoms with E-state index in [-0.39, 0.29) is 6.09 Å². The van der Waals surface area contributed by atoms with E-state index in [1.807, 2.05) is 0 Å². The summed E-state index contributed by atoms with van der Waals surface area (Å²) >= 11 is 0. The molecule has 0 bridgehead atoms. The molecular weight excluding hydrogens is 290 g/mol. The second-order valence-electron chi connectivity index (χ2n) is 6.83. The lowest BCUT2D eigenvalue weighted by molar-refractivity contribution is 0.132. The van der Waals surface area contributed by atoms with Crippen molar-refractivity contribution in [2.45, 2.75) is 32.0 Å². The Balaban J connectivity index is 1.49. The number of nitrogens with zero attached hydrogens (tertiary/aromatic N) is 2. The Kier molecular flexibility index (Phi) is 5.18. The first-order chi connectivity index (χ1) is 11.2. The number of benzene rings is 1. The predicted molar refractivity (Wildman–Crippen MR) is 90.2 cm³/mol. The van der Waals surface area contributed by atoms with Crippen molar-refractivity contribution in [2.24, 2.45) is 5.92 Å². The van der Waals surface area contributed by atoms with Gasteiger partial charge in [-0.25, -0.2) is 4.79 Å². The molecule has 2 heterocycles. The minimum absolute atomic E-state index is 0.209. The maximum atomic E-state index is 11.6. The van der Waals surface area contributed by atoms with Gasteiger partial charge in [-0.2, -0.15) is 0 Å². The van der Waals surface area contributed by atoms with Crippen LogP contribution in [0, 0.1) is 5.92 Å². The van der Waals surface area contributed by atoms with Gasteiger partial charge in [-0.3, -0.25) is 4.90 Å². The summed E-state index contributed by atoms with van der Waals surface area (Å²) in [6.07, 6.45) is 0.802. The number of likely N-dealkylation sites (tertiary alicyclic amines) is 2. The Labute approximate surface area is 138 Å². The molecule has 5 heteroatoms. The van der Waals surface area contributed by atoms with E-state index in [0.29, 0.717) is 18.0 Å². The summed E-state index contributed by atoms with van der Waals surface area (Å²) in [5, 5.41) is 3.76. The Bertz CT molecular complexity index is 522. The molecule has 1 aromatic carbocycles. The van der Waals surface area contributed by atoms with Crippen LogP contribution in [0.4, 0.5) is 4.79 Å². The third-order valence-corrected chi connectivity index (χ3v) is 5.01. The number of hydrogen-bond donors (Lipinski definition) is 1. The first-order valence-corrected chi connectivity index (χ1v) is 8.51. The Hall–Kier alpha value is -1.59. The number of rotatable bonds is 4. The van der Waals surface area contributed by atoms with Gasteiger partial charge in [-0.05, 0) is 17.9 Å². The highest BCUT2D eigenvalue weighted by molar-refractivity contribution is 5.67. The molecule has 0 spiro atoms. The van der Waals surface area contributed by atoms with Crippen LogP contribution in [0.2, 0.25) is 0 Å². The zero-order chi connectivity index (χ0) is 16.2. The standard InChI is InChI=1S/C18H27N3O2/c1-14-10-20(11-15-6-4-3-5-7-15)13-17(14)19-16-8-9-21(12-16)18(22)23-2/h3-7,14,16-17,19H,8-13H2,1-2H3/t14-,16-,17+/m0/s1. The van der Waals surface area contributed by atoms with Crippen molar-refractivity contribution in [3.8, 4) is 0 Å². The molecule has 3 rings (SSSR count). The normalized spacial score (nSPS) is 28.3. The van der Waals surface area contributed by atoms with Gasteiger partial charge >= 0.3 is 6.09 Å². The number of carbonyl (C=O) groups excluding carboxylic acids is 1. The maximum Gasteiger partial charge on any atom is 0.409 e. The third-order valence-electron chi connectivity index (χ3n) is 5.01. The summed E-state index contributed by atoms with van der Waals surface area (Å²) in [5.41, 5.74) is 1.37. The molecule has 3 atom stereocenters. The molecule has 1 N–H and O–H groups in total. The number of hydrogen-bond acceptors (Lipinski definition) is 4. The van der Waals surface area contributed by atoms with E-state index in [1.54, 1.807) is 4.90 Å². The van der Waals surface area contributed by atoms with Gasteiger partial charge in [-0.15, -0.1) is 0 Å². The maximum absolute atomic E-state index is 11.6. The number of methoxy groups -OCH3 is 1. The van der Waals surface area contributed by atoms with Gasteiger partial charge in [0.15, 0.2) is 0 Å². The smallest absolute Gasteiger partial charge is 0.409 e. The van der Waals surface area contributed by atoms with E-state index in [1.165, 1.54) is 12.7 Å². The zero-order valence-electron chi connectivity index (χ0n) is 14.1. The molecule has 2 saturated heterocycles. The van der Waals surface area contributed by atoms with Crippen molar-refractivity contribution >= 4 is 6.09 Å². The summed E-state index contributed by atoms with van der Waals surface area (Å²) in [6, 6.07) is 11.5. The lowest BCUT2D eigenvalue weighted by atomic mass is 10.1. The summed E-state index contributed by atoms with van der Waals surface area (Å²) in [7, 11) is 1.45. The first-order valence-electron chi connectivity index (χ1n) is 8.51. The number of ether oxygens (including phenoxy) is 1. The van der Waals surface area contributed by atoms with Gasteiger partial charge in [0.1, 0.15) is 0 Å². The molecule has 2 aliphatic rings. The Morgan fingerprint density at radius 1 is 1.26 bits per heavy atom. The van der Waals surface area contributed by atoms with Gasteiger partial charge in [0, 0.05) is 44.8 Å².